The van der Waals surface area contributed by atoms with Crippen molar-refractivity contribution in [2.24, 2.45) is 5.92 Å². The molecule has 1 aromatic carbocycles. The number of hydrogen-bond donors (Lipinski definition) is 2. The fourth-order valence-corrected chi connectivity index (χ4v) is 3.14. The quantitative estimate of drug-likeness (QED) is 0.735. The summed E-state index contributed by atoms with van der Waals surface area (Å²) < 4.78 is 28.6. The molecule has 1 aliphatic heterocycles. The molecule has 26 heavy (non-hydrogen) atoms. The SMILES string of the molecule is CC(C(=O)Nc1ccc(OC(F)F)cc1)N1CCCC(CCC(=O)O)C1. The Kier molecular flexibility index (Phi) is 7.32. The molecule has 1 heterocycles. The normalized spacial score (nSPS) is 19.2. The van der Waals surface area contributed by atoms with Crippen LogP contribution < -0.4 is 10.1 Å². The number of carboxylic acids is 1. The summed E-state index contributed by atoms with van der Waals surface area (Å²) in [6.45, 7) is 0.412. The van der Waals surface area contributed by atoms with Crippen LogP contribution in [-0.2, 0) is 9.59 Å². The third-order valence-corrected chi connectivity index (χ3v) is 4.59. The number of anilines is 1. The summed E-state index contributed by atoms with van der Waals surface area (Å²) >= 11 is 0. The van der Waals surface area contributed by atoms with Gasteiger partial charge in [-0.3, -0.25) is 14.5 Å². The molecule has 2 N–H and O–H groups in total. The molecule has 144 valence electrons. The minimum atomic E-state index is -2.89. The molecule has 2 atom stereocenters. The monoisotopic (exact) mass is 370 g/mol. The zero-order valence-electron chi connectivity index (χ0n) is 14.7. The average Bonchev–Trinajstić information content (AvgIpc) is 2.60. The molecule has 1 aliphatic rings. The second kappa shape index (κ2) is 9.47. The molecule has 1 amide bonds. The molecular formula is C18H24F2N2O4. The summed E-state index contributed by atoms with van der Waals surface area (Å²) in [6, 6.07) is 5.40. The van der Waals surface area contributed by atoms with Crippen molar-refractivity contribution in [1.29, 1.82) is 0 Å². The molecule has 0 bridgehead atoms. The Bertz CT molecular complexity index is 610. The highest BCUT2D eigenvalue weighted by Gasteiger charge is 2.27. The lowest BCUT2D eigenvalue weighted by Crippen LogP contribution is -2.47. The summed E-state index contributed by atoms with van der Waals surface area (Å²) in [5, 5.41) is 11.6. The van der Waals surface area contributed by atoms with Gasteiger partial charge in [-0.2, -0.15) is 8.78 Å². The first kappa shape index (κ1) is 20.1. The van der Waals surface area contributed by atoms with E-state index in [4.69, 9.17) is 5.11 Å². The standard InChI is InChI=1S/C18H24F2N2O4/c1-12(22-10-2-3-13(11-22)4-9-16(23)24)17(25)21-14-5-7-15(8-6-14)26-18(19)20/h5-8,12-13,18H,2-4,9-11H2,1H3,(H,21,25)(H,23,24). The average molecular weight is 370 g/mol. The van der Waals surface area contributed by atoms with Gasteiger partial charge in [0.05, 0.1) is 6.04 Å². The first-order valence-corrected chi connectivity index (χ1v) is 8.66. The van der Waals surface area contributed by atoms with Crippen LogP contribution in [-0.4, -0.2) is 47.6 Å². The molecule has 0 saturated carbocycles. The van der Waals surface area contributed by atoms with Crippen LogP contribution in [0.2, 0.25) is 0 Å². The first-order chi connectivity index (χ1) is 12.3. The number of likely N-dealkylation sites (tertiary alicyclic amines) is 1. The highest BCUT2D eigenvalue weighted by atomic mass is 19.3. The van der Waals surface area contributed by atoms with Crippen LogP contribution in [0, 0.1) is 5.92 Å². The largest absolute Gasteiger partial charge is 0.481 e. The van der Waals surface area contributed by atoms with E-state index in [-0.39, 0.29) is 30.0 Å². The number of ether oxygens (including phenoxy) is 1. The van der Waals surface area contributed by atoms with E-state index in [0.29, 0.717) is 18.7 Å². The lowest BCUT2D eigenvalue weighted by Gasteiger charge is -2.36. The lowest BCUT2D eigenvalue weighted by atomic mass is 9.92. The second-order valence-corrected chi connectivity index (χ2v) is 6.50. The number of alkyl halides is 2. The number of piperidine rings is 1. The van der Waals surface area contributed by atoms with Crippen molar-refractivity contribution in [1.82, 2.24) is 4.90 Å². The molecule has 0 aromatic heterocycles. The number of benzene rings is 1. The van der Waals surface area contributed by atoms with Crippen molar-refractivity contribution in [2.75, 3.05) is 18.4 Å². The van der Waals surface area contributed by atoms with Gasteiger partial charge in [0, 0.05) is 18.7 Å². The number of carboxylic acid groups (broad SMARTS) is 1. The molecule has 0 aliphatic carbocycles. The lowest BCUT2D eigenvalue weighted by molar-refractivity contribution is -0.137. The van der Waals surface area contributed by atoms with E-state index < -0.39 is 12.6 Å². The van der Waals surface area contributed by atoms with Crippen molar-refractivity contribution >= 4 is 17.6 Å². The van der Waals surface area contributed by atoms with Gasteiger partial charge in [-0.25, -0.2) is 0 Å². The predicted molar refractivity (Wildman–Crippen MR) is 92.3 cm³/mol. The van der Waals surface area contributed by atoms with Crippen molar-refractivity contribution in [2.45, 2.75) is 45.3 Å². The number of amides is 1. The van der Waals surface area contributed by atoms with Crippen LogP contribution in [0.1, 0.15) is 32.6 Å². The Morgan fingerprint density at radius 1 is 1.35 bits per heavy atom. The van der Waals surface area contributed by atoms with Crippen LogP contribution >= 0.6 is 0 Å². The van der Waals surface area contributed by atoms with Gasteiger partial charge in [0.15, 0.2) is 0 Å². The number of carbonyl (C=O) groups excluding carboxylic acids is 1. The van der Waals surface area contributed by atoms with Crippen molar-refractivity contribution in [3.05, 3.63) is 24.3 Å². The molecule has 1 aromatic rings. The summed E-state index contributed by atoms with van der Waals surface area (Å²) in [6.07, 6.45) is 2.67. The molecule has 0 radical (unpaired) electrons. The molecule has 1 saturated heterocycles. The third-order valence-electron chi connectivity index (χ3n) is 4.59. The van der Waals surface area contributed by atoms with Crippen LogP contribution in [0.15, 0.2) is 24.3 Å². The maximum absolute atomic E-state index is 12.4. The van der Waals surface area contributed by atoms with Gasteiger partial charge in [-0.1, -0.05) is 0 Å². The van der Waals surface area contributed by atoms with E-state index in [1.54, 1.807) is 0 Å². The first-order valence-electron chi connectivity index (χ1n) is 8.66. The second-order valence-electron chi connectivity index (χ2n) is 6.50. The van der Waals surface area contributed by atoms with E-state index in [9.17, 15) is 18.4 Å². The molecule has 8 heteroatoms. The summed E-state index contributed by atoms with van der Waals surface area (Å²) in [5.74, 6) is -0.678. The van der Waals surface area contributed by atoms with Crippen LogP contribution in [0.3, 0.4) is 0 Å². The zero-order valence-corrected chi connectivity index (χ0v) is 14.7. The van der Waals surface area contributed by atoms with Crippen molar-refractivity contribution in [3.63, 3.8) is 0 Å². The molecular weight excluding hydrogens is 346 g/mol. The van der Waals surface area contributed by atoms with E-state index in [2.05, 4.69) is 15.0 Å². The van der Waals surface area contributed by atoms with E-state index in [0.717, 1.165) is 19.4 Å². The topological polar surface area (TPSA) is 78.9 Å². The Morgan fingerprint density at radius 3 is 2.65 bits per heavy atom. The number of rotatable bonds is 8. The minimum absolute atomic E-state index is 0.0309. The fourth-order valence-electron chi connectivity index (χ4n) is 3.14. The van der Waals surface area contributed by atoms with Gasteiger partial charge in [0.1, 0.15) is 5.75 Å². The highest BCUT2D eigenvalue weighted by Crippen LogP contribution is 2.23. The van der Waals surface area contributed by atoms with Gasteiger partial charge in [-0.05, 0) is 62.9 Å². The van der Waals surface area contributed by atoms with E-state index in [1.165, 1.54) is 24.3 Å². The summed E-state index contributed by atoms with van der Waals surface area (Å²) in [4.78, 5) is 25.2. The van der Waals surface area contributed by atoms with Crippen LogP contribution in [0.25, 0.3) is 0 Å². The maximum atomic E-state index is 12.4. The minimum Gasteiger partial charge on any atom is -0.481 e. The smallest absolute Gasteiger partial charge is 0.387 e. The number of hydrogen-bond acceptors (Lipinski definition) is 4. The number of halogens is 2. The number of aliphatic carboxylic acids is 1. The Balaban J connectivity index is 1.87. The van der Waals surface area contributed by atoms with Gasteiger partial charge in [0.25, 0.3) is 0 Å². The van der Waals surface area contributed by atoms with E-state index in [1.807, 2.05) is 6.92 Å². The summed E-state index contributed by atoms with van der Waals surface area (Å²) in [7, 11) is 0. The molecule has 1 fully saturated rings. The Labute approximate surface area is 151 Å². The molecule has 2 unspecified atom stereocenters. The maximum Gasteiger partial charge on any atom is 0.387 e. The van der Waals surface area contributed by atoms with Gasteiger partial charge < -0.3 is 15.2 Å². The van der Waals surface area contributed by atoms with Crippen LogP contribution in [0.4, 0.5) is 14.5 Å². The van der Waals surface area contributed by atoms with Crippen molar-refractivity contribution < 1.29 is 28.2 Å². The number of nitrogens with zero attached hydrogens (tertiary/aromatic N) is 1. The van der Waals surface area contributed by atoms with Crippen molar-refractivity contribution in [3.8, 4) is 5.75 Å². The molecule has 6 nitrogen and oxygen atoms in total. The Morgan fingerprint density at radius 2 is 2.04 bits per heavy atom. The highest BCUT2D eigenvalue weighted by molar-refractivity contribution is 5.94. The zero-order chi connectivity index (χ0) is 19.1. The van der Waals surface area contributed by atoms with Gasteiger partial charge in [-0.15, -0.1) is 0 Å². The van der Waals surface area contributed by atoms with Crippen LogP contribution in [0.5, 0.6) is 5.75 Å². The fraction of sp³-hybridized carbons (Fsp3) is 0.556. The Hall–Kier alpha value is -2.22. The third kappa shape index (κ3) is 6.25. The molecule has 0 spiro atoms. The van der Waals surface area contributed by atoms with Gasteiger partial charge in [0.2, 0.25) is 5.91 Å². The summed E-state index contributed by atoms with van der Waals surface area (Å²) in [5.41, 5.74) is 0.503. The number of nitrogens with one attached hydrogen (secondary N) is 1. The number of carbonyl (C=O) groups is 2. The van der Waals surface area contributed by atoms with Gasteiger partial charge >= 0.3 is 12.6 Å². The molecule has 2 rings (SSSR count). The predicted octanol–water partition coefficient (Wildman–Crippen LogP) is 3.19. The van der Waals surface area contributed by atoms with E-state index >= 15 is 0 Å².